The topological polar surface area (TPSA) is 46.3 Å². The zero-order chi connectivity index (χ0) is 10.6. The number of hydrogen-bond donors (Lipinski definition) is 1. The average molecular weight is 198 g/mol. The third-order valence-corrected chi connectivity index (χ3v) is 2.96. The molecule has 3 heteroatoms. The van der Waals surface area contributed by atoms with Crippen molar-refractivity contribution in [3.63, 3.8) is 0 Å². The fourth-order valence-electron chi connectivity index (χ4n) is 1.77. The van der Waals surface area contributed by atoms with E-state index < -0.39 is 0 Å². The molecule has 82 valence electrons. The van der Waals surface area contributed by atoms with Crippen molar-refractivity contribution < 1.29 is 4.79 Å². The van der Waals surface area contributed by atoms with Gasteiger partial charge in [-0.3, -0.25) is 4.79 Å². The van der Waals surface area contributed by atoms with Crippen molar-refractivity contribution in [3.8, 4) is 0 Å². The number of nitrogens with zero attached hydrogens (tertiary/aromatic N) is 1. The second kappa shape index (κ2) is 5.35. The Labute approximate surface area is 86.6 Å². The Bertz CT molecular complexity index is 188. The molecule has 0 bridgehead atoms. The lowest BCUT2D eigenvalue weighted by atomic mass is 9.84. The van der Waals surface area contributed by atoms with E-state index in [0.29, 0.717) is 24.4 Å². The van der Waals surface area contributed by atoms with Crippen molar-refractivity contribution in [1.82, 2.24) is 4.90 Å². The van der Waals surface area contributed by atoms with Gasteiger partial charge in [0.05, 0.1) is 0 Å². The highest BCUT2D eigenvalue weighted by Gasteiger charge is 2.30. The molecule has 0 unspecified atom stereocenters. The molecule has 3 nitrogen and oxygen atoms in total. The van der Waals surface area contributed by atoms with E-state index >= 15 is 0 Å². The molecule has 0 spiro atoms. The van der Waals surface area contributed by atoms with E-state index in [9.17, 15) is 4.79 Å². The van der Waals surface area contributed by atoms with Gasteiger partial charge in [-0.05, 0) is 39.7 Å². The minimum absolute atomic E-state index is 0.314. The number of rotatable bonds is 5. The van der Waals surface area contributed by atoms with Crippen LogP contribution in [0.15, 0.2) is 0 Å². The molecule has 0 saturated heterocycles. The molecule has 14 heavy (non-hydrogen) atoms. The summed E-state index contributed by atoms with van der Waals surface area (Å²) in [5, 5.41) is 0. The molecule has 0 aromatic heterocycles. The first-order chi connectivity index (χ1) is 6.66. The molecule has 1 amide bonds. The van der Waals surface area contributed by atoms with Gasteiger partial charge >= 0.3 is 0 Å². The van der Waals surface area contributed by atoms with Crippen molar-refractivity contribution in [2.75, 3.05) is 13.1 Å². The number of amides is 1. The van der Waals surface area contributed by atoms with E-state index in [1.807, 2.05) is 4.90 Å². The lowest BCUT2D eigenvalue weighted by Crippen LogP contribution is -2.43. The second-order valence-corrected chi connectivity index (χ2v) is 4.40. The maximum atomic E-state index is 12.0. The Morgan fingerprint density at radius 3 is 2.50 bits per heavy atom. The standard InChI is InChI=1S/C11H22N2O/c1-9(2)13(8-4-7-12)11(14)10-5-3-6-10/h9-10H,3-8,12H2,1-2H3. The van der Waals surface area contributed by atoms with Crippen molar-refractivity contribution in [1.29, 1.82) is 0 Å². The summed E-state index contributed by atoms with van der Waals surface area (Å²) < 4.78 is 0. The molecule has 0 radical (unpaired) electrons. The predicted molar refractivity (Wildman–Crippen MR) is 57.9 cm³/mol. The first-order valence-corrected chi connectivity index (χ1v) is 5.67. The first-order valence-electron chi connectivity index (χ1n) is 5.67. The summed E-state index contributed by atoms with van der Waals surface area (Å²) in [7, 11) is 0. The molecule has 0 aromatic rings. The zero-order valence-electron chi connectivity index (χ0n) is 9.33. The molecule has 2 N–H and O–H groups in total. The van der Waals surface area contributed by atoms with Crippen LogP contribution in [-0.2, 0) is 4.79 Å². The van der Waals surface area contributed by atoms with E-state index in [4.69, 9.17) is 5.73 Å². The minimum atomic E-state index is 0.314. The molecule has 1 saturated carbocycles. The molecule has 1 aliphatic rings. The molecular weight excluding hydrogens is 176 g/mol. The highest BCUT2D eigenvalue weighted by Crippen LogP contribution is 2.28. The van der Waals surface area contributed by atoms with E-state index in [0.717, 1.165) is 25.8 Å². The summed E-state index contributed by atoms with van der Waals surface area (Å²) in [6.07, 6.45) is 4.31. The van der Waals surface area contributed by atoms with Crippen LogP contribution in [0.3, 0.4) is 0 Å². The first kappa shape index (κ1) is 11.5. The normalized spacial score (nSPS) is 16.9. The SMILES string of the molecule is CC(C)N(CCCN)C(=O)C1CCC1. The number of hydrogen-bond acceptors (Lipinski definition) is 2. The van der Waals surface area contributed by atoms with Crippen LogP contribution in [0.2, 0.25) is 0 Å². The van der Waals surface area contributed by atoms with Gasteiger partial charge in [-0.25, -0.2) is 0 Å². The van der Waals surface area contributed by atoms with Crippen LogP contribution in [0.4, 0.5) is 0 Å². The highest BCUT2D eigenvalue weighted by molar-refractivity contribution is 5.79. The molecule has 1 aliphatic carbocycles. The average Bonchev–Trinajstić information content (AvgIpc) is 2.01. The van der Waals surface area contributed by atoms with Crippen molar-refractivity contribution >= 4 is 5.91 Å². The summed E-state index contributed by atoms with van der Waals surface area (Å²) in [5.74, 6) is 0.662. The number of nitrogens with two attached hydrogens (primary N) is 1. The Kier molecular flexibility index (Phi) is 4.39. The van der Waals surface area contributed by atoms with E-state index in [-0.39, 0.29) is 0 Å². The zero-order valence-corrected chi connectivity index (χ0v) is 9.33. The van der Waals surface area contributed by atoms with Crippen LogP contribution in [0.25, 0.3) is 0 Å². The van der Waals surface area contributed by atoms with Crippen LogP contribution in [0.1, 0.15) is 39.5 Å². The van der Waals surface area contributed by atoms with Gasteiger partial charge in [0.25, 0.3) is 0 Å². The molecule has 0 aliphatic heterocycles. The van der Waals surface area contributed by atoms with Crippen LogP contribution in [0.5, 0.6) is 0 Å². The monoisotopic (exact) mass is 198 g/mol. The third kappa shape index (κ3) is 2.71. The lowest BCUT2D eigenvalue weighted by molar-refractivity contribution is -0.139. The number of carbonyl (C=O) groups excluding carboxylic acids is 1. The summed E-state index contributed by atoms with van der Waals surface area (Å²) >= 11 is 0. The fourth-order valence-corrected chi connectivity index (χ4v) is 1.77. The molecule has 0 atom stereocenters. The molecule has 1 fully saturated rings. The molecule has 0 heterocycles. The van der Waals surface area contributed by atoms with Gasteiger partial charge in [-0.15, -0.1) is 0 Å². The Hall–Kier alpha value is -0.570. The Balaban J connectivity index is 2.43. The van der Waals surface area contributed by atoms with E-state index in [2.05, 4.69) is 13.8 Å². The summed E-state index contributed by atoms with van der Waals surface area (Å²) in [6.45, 7) is 5.64. The third-order valence-electron chi connectivity index (χ3n) is 2.96. The summed E-state index contributed by atoms with van der Waals surface area (Å²) in [6, 6.07) is 0.314. The van der Waals surface area contributed by atoms with Crippen molar-refractivity contribution in [2.45, 2.75) is 45.6 Å². The van der Waals surface area contributed by atoms with Crippen LogP contribution >= 0.6 is 0 Å². The Morgan fingerprint density at radius 2 is 2.14 bits per heavy atom. The van der Waals surface area contributed by atoms with Gasteiger partial charge in [-0.1, -0.05) is 6.42 Å². The summed E-state index contributed by atoms with van der Waals surface area (Å²) in [5.41, 5.74) is 5.46. The van der Waals surface area contributed by atoms with Gasteiger partial charge in [0.2, 0.25) is 5.91 Å². The van der Waals surface area contributed by atoms with Gasteiger partial charge < -0.3 is 10.6 Å². The van der Waals surface area contributed by atoms with Crippen LogP contribution in [0, 0.1) is 5.92 Å². The molecular formula is C11H22N2O. The quantitative estimate of drug-likeness (QED) is 0.725. The van der Waals surface area contributed by atoms with Crippen LogP contribution in [-0.4, -0.2) is 29.9 Å². The van der Waals surface area contributed by atoms with Gasteiger partial charge in [-0.2, -0.15) is 0 Å². The maximum Gasteiger partial charge on any atom is 0.225 e. The largest absolute Gasteiger partial charge is 0.340 e. The lowest BCUT2D eigenvalue weighted by Gasteiger charge is -2.34. The predicted octanol–water partition coefficient (Wildman–Crippen LogP) is 1.37. The maximum absolute atomic E-state index is 12.0. The van der Waals surface area contributed by atoms with Crippen LogP contribution < -0.4 is 5.73 Å². The van der Waals surface area contributed by atoms with Crippen molar-refractivity contribution in [2.24, 2.45) is 11.7 Å². The minimum Gasteiger partial charge on any atom is -0.340 e. The van der Waals surface area contributed by atoms with E-state index in [1.54, 1.807) is 0 Å². The van der Waals surface area contributed by atoms with Gasteiger partial charge in [0, 0.05) is 18.5 Å². The summed E-state index contributed by atoms with van der Waals surface area (Å²) in [4.78, 5) is 13.9. The smallest absolute Gasteiger partial charge is 0.225 e. The van der Waals surface area contributed by atoms with Crippen molar-refractivity contribution in [3.05, 3.63) is 0 Å². The Morgan fingerprint density at radius 1 is 1.50 bits per heavy atom. The van der Waals surface area contributed by atoms with E-state index in [1.165, 1.54) is 6.42 Å². The highest BCUT2D eigenvalue weighted by atomic mass is 16.2. The van der Waals surface area contributed by atoms with Gasteiger partial charge in [0.1, 0.15) is 0 Å². The molecule has 0 aromatic carbocycles. The fraction of sp³-hybridized carbons (Fsp3) is 0.909. The van der Waals surface area contributed by atoms with Gasteiger partial charge in [0.15, 0.2) is 0 Å². The second-order valence-electron chi connectivity index (χ2n) is 4.40. The molecule has 1 rings (SSSR count). The number of carbonyl (C=O) groups is 1.